The van der Waals surface area contributed by atoms with Crippen LogP contribution in [0.2, 0.25) is 0 Å². The number of amides is 3. The van der Waals surface area contributed by atoms with Gasteiger partial charge in [-0.2, -0.15) is 26.3 Å². The van der Waals surface area contributed by atoms with Crippen LogP contribution in [0, 0.1) is 0 Å². The van der Waals surface area contributed by atoms with Crippen molar-refractivity contribution in [1.82, 2.24) is 9.80 Å². The maximum absolute atomic E-state index is 13.8. The van der Waals surface area contributed by atoms with Gasteiger partial charge in [-0.15, -0.1) is 35.1 Å². The number of aliphatic carboxylic acids is 1. The zero-order valence-corrected chi connectivity index (χ0v) is 57.8. The molecule has 19 nitrogen and oxygen atoms in total. The van der Waals surface area contributed by atoms with Gasteiger partial charge in [0.25, 0.3) is 0 Å². The average molecular weight is 1420 g/mol. The van der Waals surface area contributed by atoms with Gasteiger partial charge in [-0.3, -0.25) is 29.0 Å². The minimum absolute atomic E-state index is 0. The van der Waals surface area contributed by atoms with Crippen molar-refractivity contribution in [3.8, 4) is 45.3 Å². The number of rotatable bonds is 18. The molecule has 0 bridgehead atoms. The Morgan fingerprint density at radius 2 is 0.959 bits per heavy atom. The number of hydrogen-bond donors (Lipinski definition) is 2. The molecule has 532 valence electrons. The second-order valence-electron chi connectivity index (χ2n) is 25.5. The summed E-state index contributed by atoms with van der Waals surface area (Å²) >= 11 is 1.34. The molecular formula is C69H85ClF6N4O15S2. The first-order chi connectivity index (χ1) is 44.2. The van der Waals surface area contributed by atoms with Crippen molar-refractivity contribution in [3.63, 3.8) is 0 Å². The molecule has 2 aliphatic rings. The third-order valence-corrected chi connectivity index (χ3v) is 15.0. The molecule has 28 heteroatoms. The fourth-order valence-corrected chi connectivity index (χ4v) is 10.9. The highest BCUT2D eigenvalue weighted by Crippen LogP contribution is 2.45. The Balaban J connectivity index is 0.000000338. The number of halogens is 7. The summed E-state index contributed by atoms with van der Waals surface area (Å²) in [7, 11) is 0. The molecule has 0 unspecified atom stereocenters. The Hall–Kier alpha value is -8.43. The molecule has 2 aliphatic heterocycles. The summed E-state index contributed by atoms with van der Waals surface area (Å²) in [6.45, 7) is 21.1. The average Bonchev–Trinajstić information content (AvgIpc) is 1.74. The minimum Gasteiger partial charge on any atom is -0.489 e. The number of benzene rings is 4. The molecule has 2 N–H and O–H groups in total. The van der Waals surface area contributed by atoms with Gasteiger partial charge in [-0.1, -0.05) is 68.1 Å². The van der Waals surface area contributed by atoms with E-state index in [1.807, 2.05) is 6.07 Å². The van der Waals surface area contributed by atoms with Crippen LogP contribution in [0.4, 0.5) is 47.3 Å². The van der Waals surface area contributed by atoms with Crippen LogP contribution in [0.1, 0.15) is 123 Å². The van der Waals surface area contributed by atoms with Gasteiger partial charge in [0.1, 0.15) is 94.7 Å². The van der Waals surface area contributed by atoms with Gasteiger partial charge < -0.3 is 53.2 Å². The number of carbonyl (C=O) groups is 6. The van der Waals surface area contributed by atoms with Crippen LogP contribution in [0.25, 0.3) is 22.3 Å². The second kappa shape index (κ2) is 34.7. The van der Waals surface area contributed by atoms with Gasteiger partial charge in [0.05, 0.1) is 30.8 Å². The number of nitrogens with zero attached hydrogens (tertiary/aromatic N) is 3. The van der Waals surface area contributed by atoms with Crippen LogP contribution in [0.3, 0.4) is 0 Å². The number of carboxylic acids is 1. The summed E-state index contributed by atoms with van der Waals surface area (Å²) in [6.07, 6.45) is -10.7. The lowest BCUT2D eigenvalue weighted by molar-refractivity contribution is -0.156. The lowest BCUT2D eigenvalue weighted by Crippen LogP contribution is -2.47. The Kier molecular flexibility index (Phi) is 29.0. The number of thiophene rings is 2. The molecule has 4 heterocycles. The summed E-state index contributed by atoms with van der Waals surface area (Å²) in [6, 6.07) is 30.1. The van der Waals surface area contributed by atoms with E-state index in [1.165, 1.54) is 15.9 Å². The maximum Gasteiger partial charge on any atom is 0.426 e. The monoisotopic (exact) mass is 1420 g/mol. The lowest BCUT2D eigenvalue weighted by atomic mass is 10.1. The van der Waals surface area contributed by atoms with Crippen molar-refractivity contribution in [2.45, 2.75) is 151 Å². The number of carbonyl (C=O) groups excluding carboxylic acids is 5. The third-order valence-electron chi connectivity index (χ3n) is 12.7. The van der Waals surface area contributed by atoms with E-state index in [4.69, 9.17) is 43.0 Å². The van der Waals surface area contributed by atoms with Crippen molar-refractivity contribution >= 4 is 82.5 Å². The Bertz CT molecular complexity index is 3600. The summed E-state index contributed by atoms with van der Waals surface area (Å²) in [5.74, 6) is -0.694. The Morgan fingerprint density at radius 1 is 0.546 bits per heavy atom. The van der Waals surface area contributed by atoms with E-state index < -0.39 is 87.1 Å². The largest absolute Gasteiger partial charge is 0.489 e. The van der Waals surface area contributed by atoms with E-state index in [1.54, 1.807) is 180 Å². The second-order valence-corrected chi connectivity index (χ2v) is 27.8. The van der Waals surface area contributed by atoms with E-state index in [-0.39, 0.29) is 89.8 Å². The van der Waals surface area contributed by atoms with Gasteiger partial charge >= 0.3 is 42.4 Å². The first-order valence-corrected chi connectivity index (χ1v) is 31.8. The third kappa shape index (κ3) is 26.8. The molecule has 0 spiro atoms. The molecule has 0 radical (unpaired) electrons. The number of fused-ring (bicyclic) bond motifs is 2. The molecule has 8 rings (SSSR count). The van der Waals surface area contributed by atoms with E-state index in [2.05, 4.69) is 5.32 Å². The van der Waals surface area contributed by atoms with E-state index in [0.717, 1.165) is 17.1 Å². The molecular weight excluding hydrogens is 1340 g/mol. The predicted octanol–water partition coefficient (Wildman–Crippen LogP) is 16.6. The minimum atomic E-state index is -4.52. The van der Waals surface area contributed by atoms with E-state index >= 15 is 0 Å². The van der Waals surface area contributed by atoms with Crippen LogP contribution >= 0.6 is 35.1 Å². The van der Waals surface area contributed by atoms with Gasteiger partial charge in [0.15, 0.2) is 0 Å². The highest BCUT2D eigenvalue weighted by atomic mass is 35.5. The number of esters is 2. The van der Waals surface area contributed by atoms with Crippen molar-refractivity contribution in [2.24, 2.45) is 0 Å². The van der Waals surface area contributed by atoms with E-state index in [9.17, 15) is 55.1 Å². The molecule has 0 atom stereocenters. The lowest BCUT2D eigenvalue weighted by Gasteiger charge is -2.32. The summed E-state index contributed by atoms with van der Waals surface area (Å²) in [5, 5.41) is 12.0. The highest BCUT2D eigenvalue weighted by Gasteiger charge is 2.38. The Labute approximate surface area is 575 Å². The van der Waals surface area contributed by atoms with Crippen molar-refractivity contribution in [2.75, 3.05) is 62.7 Å². The number of nitrogens with one attached hydrogen (secondary N) is 1. The van der Waals surface area contributed by atoms with Crippen LogP contribution in [-0.4, -0.2) is 126 Å². The molecule has 97 heavy (non-hydrogen) atoms. The van der Waals surface area contributed by atoms with E-state index in [0.29, 0.717) is 78.8 Å². The number of alkyl halides is 6. The fourth-order valence-electron chi connectivity index (χ4n) is 8.95. The molecule has 0 saturated heterocycles. The molecule has 6 aromatic rings. The normalized spacial score (nSPS) is 12.7. The van der Waals surface area contributed by atoms with Crippen LogP contribution in [-0.2, 0) is 63.7 Å². The van der Waals surface area contributed by atoms with Crippen LogP contribution < -0.4 is 29.2 Å². The maximum atomic E-state index is 13.8. The molecule has 4 aromatic carbocycles. The molecule has 3 amide bonds. The number of anilines is 2. The van der Waals surface area contributed by atoms with Gasteiger partial charge in [0, 0.05) is 52.6 Å². The zero-order chi connectivity index (χ0) is 70.3. The summed E-state index contributed by atoms with van der Waals surface area (Å²) in [4.78, 5) is 76.3. The van der Waals surface area contributed by atoms with Crippen molar-refractivity contribution < 1.29 is 98.1 Å². The topological polar surface area (TPSA) is 218 Å². The number of carboxylic acid groups (broad SMARTS) is 1. The van der Waals surface area contributed by atoms with Crippen LogP contribution in [0.15, 0.2) is 109 Å². The highest BCUT2D eigenvalue weighted by molar-refractivity contribution is 7.13. The van der Waals surface area contributed by atoms with Crippen molar-refractivity contribution in [3.05, 3.63) is 129 Å². The first kappa shape index (κ1) is 81.0. The van der Waals surface area contributed by atoms with Crippen LogP contribution in [0.5, 0.6) is 23.0 Å². The smallest absolute Gasteiger partial charge is 0.426 e. The summed E-state index contributed by atoms with van der Waals surface area (Å²) in [5.41, 5.74) is -0.287. The number of ether oxygens (including phenoxy) is 8. The predicted molar refractivity (Wildman–Crippen MR) is 361 cm³/mol. The fraction of sp³-hybridized carbons (Fsp3) is 0.449. The summed E-state index contributed by atoms with van der Waals surface area (Å²) < 4.78 is 126. The molecule has 0 fully saturated rings. The molecule has 0 aliphatic carbocycles. The quantitative estimate of drug-likeness (QED) is 0.0464. The van der Waals surface area contributed by atoms with Gasteiger partial charge in [-0.25, -0.2) is 9.59 Å². The zero-order valence-electron chi connectivity index (χ0n) is 55.4. The van der Waals surface area contributed by atoms with Gasteiger partial charge in [-0.05, 0) is 131 Å². The number of hydrogen-bond acceptors (Lipinski definition) is 17. The standard InChI is InChI=1S/C34H39F3N2O7S.C20H16F3NO2S.C14H25NO6.CH4.ClH/c1-32(2,3)45-29(41)14-15-38(31(42)46-33(4,5)6)20-28(40)39-16-17-43-27-18-23(12-13-26(27)39)44-21-24-19-25(22-10-8-7-9-11-22)30(47-24)34(35,36)37;21-20(22,23)19-16(13-4-2-1-3-5-13)11-15(27-19)12-26-14-6-7-17-18(10-14)25-9-8-24-17;1-13(2,3)20-11(18)7-8-15(9-10(16)17)12(19)21-14(4,5)6;;/h7-13,18-19H,14-17,20-21H2,1-6H3;1-7,10-11,24H,8-9,12H2;7-9H2,1-6H3,(H,16,17);1H4;1H. The first-order valence-electron chi connectivity index (χ1n) is 30.2. The van der Waals surface area contributed by atoms with Gasteiger partial charge in [0.2, 0.25) is 5.91 Å². The molecule has 0 saturated carbocycles. The Morgan fingerprint density at radius 3 is 1.38 bits per heavy atom. The molecule has 2 aromatic heterocycles. The SMILES string of the molecule is C.CC(C)(C)OC(=O)CCN(CC(=O)N1CCOc2cc(OCc3cc(-c4ccccc4)c(C(F)(F)F)s3)ccc21)C(=O)OC(C)(C)C.CC(C)(C)OC(=O)CCN(CC(=O)O)C(=O)OC(C)(C)C.Cl.FC(F)(F)c1sc(COc2ccc3c(c2)OCCN3)cc1-c1ccccc1. The van der Waals surface area contributed by atoms with Crippen molar-refractivity contribution in [1.29, 1.82) is 0 Å².